The Balaban J connectivity index is 2.11. The first-order valence-electron chi connectivity index (χ1n) is 5.72. The van der Waals surface area contributed by atoms with Crippen LogP contribution in [0.15, 0.2) is 0 Å². The molecule has 1 unspecified atom stereocenters. The summed E-state index contributed by atoms with van der Waals surface area (Å²) < 4.78 is 5.58. The van der Waals surface area contributed by atoms with Gasteiger partial charge in [0.1, 0.15) is 0 Å². The Bertz CT molecular complexity index is 338. The van der Waals surface area contributed by atoms with Crippen molar-refractivity contribution in [2.24, 2.45) is 5.41 Å². The molecule has 0 aliphatic carbocycles. The fourth-order valence-corrected chi connectivity index (χ4v) is 3.55. The Morgan fingerprint density at radius 2 is 2.31 bits per heavy atom. The SMILES string of the molecule is Cc1nc(CC2(CCl)CCCOC2)sc1C. The lowest BCUT2D eigenvalue weighted by Gasteiger charge is -2.34. The van der Waals surface area contributed by atoms with Crippen molar-refractivity contribution in [3.63, 3.8) is 0 Å². The largest absolute Gasteiger partial charge is 0.381 e. The third-order valence-electron chi connectivity index (χ3n) is 3.29. The molecule has 0 N–H and O–H groups in total. The minimum absolute atomic E-state index is 0.122. The third-order valence-corrected chi connectivity index (χ3v) is 4.93. The quantitative estimate of drug-likeness (QED) is 0.777. The maximum atomic E-state index is 6.13. The van der Waals surface area contributed by atoms with Crippen molar-refractivity contribution in [3.8, 4) is 0 Å². The highest BCUT2D eigenvalue weighted by Gasteiger charge is 2.33. The number of alkyl halides is 1. The normalized spacial score (nSPS) is 25.9. The number of rotatable bonds is 3. The second-order valence-electron chi connectivity index (χ2n) is 4.72. The summed E-state index contributed by atoms with van der Waals surface area (Å²) in [7, 11) is 0. The molecule has 16 heavy (non-hydrogen) atoms. The molecule has 1 aromatic rings. The summed E-state index contributed by atoms with van der Waals surface area (Å²) in [6, 6.07) is 0. The minimum atomic E-state index is 0.122. The van der Waals surface area contributed by atoms with Crippen LogP contribution >= 0.6 is 22.9 Å². The number of hydrogen-bond acceptors (Lipinski definition) is 3. The molecule has 0 spiro atoms. The van der Waals surface area contributed by atoms with E-state index in [1.54, 1.807) is 11.3 Å². The number of ether oxygens (including phenoxy) is 1. The van der Waals surface area contributed by atoms with Crippen LogP contribution in [0.25, 0.3) is 0 Å². The fourth-order valence-electron chi connectivity index (χ4n) is 2.14. The highest BCUT2D eigenvalue weighted by Crippen LogP contribution is 2.35. The van der Waals surface area contributed by atoms with E-state index in [1.165, 1.54) is 9.88 Å². The van der Waals surface area contributed by atoms with Crippen molar-refractivity contribution in [3.05, 3.63) is 15.6 Å². The van der Waals surface area contributed by atoms with Gasteiger partial charge >= 0.3 is 0 Å². The second kappa shape index (κ2) is 5.03. The predicted octanol–water partition coefficient (Wildman–Crippen LogP) is 3.34. The van der Waals surface area contributed by atoms with Crippen LogP contribution in [0.2, 0.25) is 0 Å². The van der Waals surface area contributed by atoms with Gasteiger partial charge in [-0.15, -0.1) is 22.9 Å². The second-order valence-corrected chi connectivity index (χ2v) is 6.27. The molecule has 4 heteroatoms. The zero-order valence-corrected chi connectivity index (χ0v) is 11.5. The standard InChI is InChI=1S/C12H18ClNOS/c1-9-10(2)16-11(14-9)6-12(7-13)4-3-5-15-8-12/h3-8H2,1-2H3. The summed E-state index contributed by atoms with van der Waals surface area (Å²) in [6.07, 6.45) is 3.25. The average Bonchev–Trinajstić information content (AvgIpc) is 2.59. The monoisotopic (exact) mass is 259 g/mol. The summed E-state index contributed by atoms with van der Waals surface area (Å²) >= 11 is 7.93. The lowest BCUT2D eigenvalue weighted by molar-refractivity contribution is 0.00474. The van der Waals surface area contributed by atoms with E-state index < -0.39 is 0 Å². The molecule has 1 atom stereocenters. The van der Waals surface area contributed by atoms with Gasteiger partial charge in [0.25, 0.3) is 0 Å². The van der Waals surface area contributed by atoms with Gasteiger partial charge in [-0.3, -0.25) is 0 Å². The van der Waals surface area contributed by atoms with Gasteiger partial charge in [0.15, 0.2) is 0 Å². The van der Waals surface area contributed by atoms with E-state index in [0.717, 1.165) is 38.2 Å². The summed E-state index contributed by atoms with van der Waals surface area (Å²) in [5, 5.41) is 1.21. The highest BCUT2D eigenvalue weighted by molar-refractivity contribution is 7.11. The van der Waals surface area contributed by atoms with Gasteiger partial charge in [-0.05, 0) is 26.7 Å². The van der Waals surface area contributed by atoms with Crippen LogP contribution in [0.1, 0.15) is 28.4 Å². The Kier molecular flexibility index (Phi) is 3.88. The molecule has 1 aliphatic rings. The molecule has 0 amide bonds. The first kappa shape index (κ1) is 12.3. The molecule has 0 bridgehead atoms. The molecular formula is C12H18ClNOS. The average molecular weight is 260 g/mol. The van der Waals surface area contributed by atoms with Gasteiger partial charge in [0.05, 0.1) is 17.3 Å². The van der Waals surface area contributed by atoms with Crippen LogP contribution in [0, 0.1) is 19.3 Å². The van der Waals surface area contributed by atoms with Crippen molar-refractivity contribution < 1.29 is 4.74 Å². The Morgan fingerprint density at radius 1 is 1.50 bits per heavy atom. The number of thiazole rings is 1. The molecule has 2 nitrogen and oxygen atoms in total. The lowest BCUT2D eigenvalue weighted by atomic mass is 9.81. The van der Waals surface area contributed by atoms with Gasteiger partial charge in [-0.25, -0.2) is 4.98 Å². The summed E-state index contributed by atoms with van der Waals surface area (Å²) in [5.74, 6) is 0.671. The van der Waals surface area contributed by atoms with Gasteiger partial charge in [-0.1, -0.05) is 0 Å². The predicted molar refractivity (Wildman–Crippen MR) is 68.5 cm³/mol. The van der Waals surface area contributed by atoms with E-state index in [0.29, 0.717) is 5.88 Å². The van der Waals surface area contributed by atoms with Crippen LogP contribution in [-0.2, 0) is 11.2 Å². The summed E-state index contributed by atoms with van der Waals surface area (Å²) in [5.41, 5.74) is 1.28. The molecule has 0 radical (unpaired) electrons. The van der Waals surface area contributed by atoms with Gasteiger partial charge in [0.2, 0.25) is 0 Å². The van der Waals surface area contributed by atoms with Crippen molar-refractivity contribution >= 4 is 22.9 Å². The van der Waals surface area contributed by atoms with Crippen LogP contribution in [0.5, 0.6) is 0 Å². The van der Waals surface area contributed by atoms with Gasteiger partial charge in [-0.2, -0.15) is 0 Å². The van der Waals surface area contributed by atoms with Crippen molar-refractivity contribution in [1.82, 2.24) is 4.98 Å². The number of aryl methyl sites for hydroxylation is 2. The first-order chi connectivity index (χ1) is 7.65. The van der Waals surface area contributed by atoms with E-state index in [9.17, 15) is 0 Å². The van der Waals surface area contributed by atoms with E-state index in [1.807, 2.05) is 0 Å². The molecular weight excluding hydrogens is 242 g/mol. The number of aromatic nitrogens is 1. The maximum Gasteiger partial charge on any atom is 0.0937 e. The maximum absolute atomic E-state index is 6.13. The van der Waals surface area contributed by atoms with E-state index in [-0.39, 0.29) is 5.41 Å². The fraction of sp³-hybridized carbons (Fsp3) is 0.750. The zero-order valence-electron chi connectivity index (χ0n) is 9.88. The van der Waals surface area contributed by atoms with Crippen LogP contribution in [-0.4, -0.2) is 24.1 Å². The van der Waals surface area contributed by atoms with Crippen molar-refractivity contribution in [2.75, 3.05) is 19.1 Å². The molecule has 1 aromatic heterocycles. The van der Waals surface area contributed by atoms with Crippen molar-refractivity contribution in [2.45, 2.75) is 33.1 Å². The molecule has 2 rings (SSSR count). The van der Waals surface area contributed by atoms with Crippen LogP contribution < -0.4 is 0 Å². The Hall–Kier alpha value is -0.120. The zero-order chi connectivity index (χ0) is 11.6. The number of hydrogen-bond donors (Lipinski definition) is 0. The highest BCUT2D eigenvalue weighted by atomic mass is 35.5. The Morgan fingerprint density at radius 3 is 2.81 bits per heavy atom. The van der Waals surface area contributed by atoms with Gasteiger partial charge < -0.3 is 4.74 Å². The first-order valence-corrected chi connectivity index (χ1v) is 7.07. The molecule has 90 valence electrons. The van der Waals surface area contributed by atoms with Crippen LogP contribution in [0.3, 0.4) is 0 Å². The number of halogens is 1. The lowest BCUT2D eigenvalue weighted by Crippen LogP contribution is -2.35. The van der Waals surface area contributed by atoms with Gasteiger partial charge in [0, 0.05) is 29.2 Å². The molecule has 2 heterocycles. The van der Waals surface area contributed by atoms with Crippen LogP contribution in [0.4, 0.5) is 0 Å². The molecule has 1 fully saturated rings. The molecule has 1 saturated heterocycles. The molecule has 1 aliphatic heterocycles. The smallest absolute Gasteiger partial charge is 0.0937 e. The van der Waals surface area contributed by atoms with Crippen molar-refractivity contribution in [1.29, 1.82) is 0 Å². The van der Waals surface area contributed by atoms with E-state index >= 15 is 0 Å². The summed E-state index contributed by atoms with van der Waals surface area (Å²) in [6.45, 7) is 5.87. The third kappa shape index (κ3) is 2.58. The minimum Gasteiger partial charge on any atom is -0.381 e. The molecule has 0 aromatic carbocycles. The topological polar surface area (TPSA) is 22.1 Å². The molecule has 0 saturated carbocycles. The van der Waals surface area contributed by atoms with E-state index in [2.05, 4.69) is 18.8 Å². The Labute approximate surface area is 106 Å². The number of nitrogens with zero attached hydrogens (tertiary/aromatic N) is 1. The van der Waals surface area contributed by atoms with E-state index in [4.69, 9.17) is 16.3 Å². The summed E-state index contributed by atoms with van der Waals surface area (Å²) in [4.78, 5) is 5.92.